The molecule has 260 valence electrons. The predicted molar refractivity (Wildman–Crippen MR) is 185 cm³/mol. The van der Waals surface area contributed by atoms with Crippen LogP contribution in [0.2, 0.25) is 5.02 Å². The standard InChI is InChI=1S/C34H36ClN3O9S2/c1-5-34(32(40)41,47-25-13-8-22(9-14-25)7-6-18-49(44,45)26-15-11-24(35)12-16-26)37-31(39)23-10-17-27(38(42)43)28(19-23)46-20-30-36-29(21-48-30)33(2,3)4/h8-17,19,21H,5-7,18,20H2,1-4H3,(H,37,39)(H,40,41). The Bertz CT molecular complexity index is 1920. The van der Waals surface area contributed by atoms with Crippen molar-refractivity contribution in [1.29, 1.82) is 0 Å². The molecule has 0 radical (unpaired) electrons. The third-order valence-corrected chi connectivity index (χ3v) is 10.4. The van der Waals surface area contributed by atoms with Crippen LogP contribution in [-0.4, -0.2) is 46.8 Å². The summed E-state index contributed by atoms with van der Waals surface area (Å²) in [4.78, 5) is 41.6. The topological polar surface area (TPSA) is 175 Å². The van der Waals surface area contributed by atoms with Crippen LogP contribution in [0.4, 0.5) is 5.69 Å². The molecule has 1 aromatic heterocycles. The number of nitro groups is 1. The lowest BCUT2D eigenvalue weighted by atomic mass is 9.93. The fourth-order valence-electron chi connectivity index (χ4n) is 4.62. The van der Waals surface area contributed by atoms with Gasteiger partial charge in [0.05, 0.1) is 21.3 Å². The van der Waals surface area contributed by atoms with Crippen molar-refractivity contribution in [3.63, 3.8) is 0 Å². The predicted octanol–water partition coefficient (Wildman–Crippen LogP) is 6.99. The van der Waals surface area contributed by atoms with Gasteiger partial charge in [0.15, 0.2) is 15.6 Å². The minimum Gasteiger partial charge on any atom is -0.479 e. The van der Waals surface area contributed by atoms with E-state index in [9.17, 15) is 33.2 Å². The second-order valence-corrected chi connectivity index (χ2v) is 15.7. The minimum atomic E-state index is -3.49. The summed E-state index contributed by atoms with van der Waals surface area (Å²) in [6.07, 6.45) is 0.611. The number of aromatic nitrogens is 1. The zero-order valence-corrected chi connectivity index (χ0v) is 29.7. The number of nitrogens with one attached hydrogen (secondary N) is 1. The first kappa shape index (κ1) is 37.3. The molecule has 2 N–H and O–H groups in total. The molecule has 0 spiro atoms. The summed E-state index contributed by atoms with van der Waals surface area (Å²) in [6.45, 7) is 7.48. The Morgan fingerprint density at radius 2 is 1.73 bits per heavy atom. The fourth-order valence-corrected chi connectivity index (χ4v) is 6.99. The lowest BCUT2D eigenvalue weighted by Gasteiger charge is -2.30. The van der Waals surface area contributed by atoms with E-state index in [-0.39, 0.29) is 51.8 Å². The number of thiazole rings is 1. The van der Waals surface area contributed by atoms with Crippen molar-refractivity contribution in [2.75, 3.05) is 5.75 Å². The summed E-state index contributed by atoms with van der Waals surface area (Å²) < 4.78 is 36.8. The van der Waals surface area contributed by atoms with Gasteiger partial charge in [0, 0.05) is 39.9 Å². The molecule has 0 aliphatic heterocycles. The van der Waals surface area contributed by atoms with Crippen LogP contribution in [0.25, 0.3) is 0 Å². The molecule has 0 fully saturated rings. The number of aryl methyl sites for hydroxylation is 1. The summed E-state index contributed by atoms with van der Waals surface area (Å²) in [6, 6.07) is 15.9. The van der Waals surface area contributed by atoms with E-state index in [0.29, 0.717) is 22.9 Å². The van der Waals surface area contributed by atoms with Gasteiger partial charge < -0.3 is 19.9 Å². The van der Waals surface area contributed by atoms with E-state index in [0.717, 1.165) is 17.3 Å². The number of nitrogens with zero attached hydrogens (tertiary/aromatic N) is 2. The van der Waals surface area contributed by atoms with Crippen molar-refractivity contribution >= 4 is 50.3 Å². The lowest BCUT2D eigenvalue weighted by Crippen LogP contribution is -2.58. The maximum atomic E-state index is 13.4. The average molecular weight is 730 g/mol. The highest BCUT2D eigenvalue weighted by Gasteiger charge is 2.41. The van der Waals surface area contributed by atoms with Gasteiger partial charge in [0.2, 0.25) is 0 Å². The van der Waals surface area contributed by atoms with Crippen LogP contribution >= 0.6 is 22.9 Å². The summed E-state index contributed by atoms with van der Waals surface area (Å²) in [5, 5.41) is 27.2. The number of rotatable bonds is 15. The number of carboxylic acids is 1. The number of carbonyl (C=O) groups is 2. The molecule has 0 aliphatic carbocycles. The molecule has 12 nitrogen and oxygen atoms in total. The number of halogens is 1. The molecule has 4 rings (SSSR count). The van der Waals surface area contributed by atoms with Crippen LogP contribution in [0, 0.1) is 10.1 Å². The summed E-state index contributed by atoms with van der Waals surface area (Å²) >= 11 is 7.20. The molecule has 15 heteroatoms. The highest BCUT2D eigenvalue weighted by atomic mass is 35.5. The van der Waals surface area contributed by atoms with Gasteiger partial charge >= 0.3 is 11.7 Å². The first-order valence-electron chi connectivity index (χ1n) is 15.2. The Morgan fingerprint density at radius 3 is 2.31 bits per heavy atom. The van der Waals surface area contributed by atoms with Crippen molar-refractivity contribution in [1.82, 2.24) is 10.3 Å². The first-order chi connectivity index (χ1) is 23.0. The summed E-state index contributed by atoms with van der Waals surface area (Å²) in [5.74, 6) is -2.42. The zero-order valence-electron chi connectivity index (χ0n) is 27.3. The molecule has 0 saturated carbocycles. The Balaban J connectivity index is 1.44. The molecule has 0 bridgehead atoms. The molecule has 1 heterocycles. The van der Waals surface area contributed by atoms with E-state index in [1.54, 1.807) is 12.1 Å². The van der Waals surface area contributed by atoms with E-state index in [4.69, 9.17) is 21.1 Å². The van der Waals surface area contributed by atoms with Crippen LogP contribution in [-0.2, 0) is 33.1 Å². The largest absolute Gasteiger partial charge is 0.479 e. The molecule has 1 amide bonds. The van der Waals surface area contributed by atoms with Gasteiger partial charge in [-0.1, -0.05) is 51.4 Å². The number of hydrogen-bond donors (Lipinski definition) is 2. The number of ether oxygens (including phenoxy) is 2. The lowest BCUT2D eigenvalue weighted by molar-refractivity contribution is -0.385. The van der Waals surface area contributed by atoms with E-state index in [2.05, 4.69) is 10.3 Å². The van der Waals surface area contributed by atoms with Gasteiger partial charge in [-0.2, -0.15) is 0 Å². The van der Waals surface area contributed by atoms with Gasteiger partial charge in [0.25, 0.3) is 11.6 Å². The van der Waals surface area contributed by atoms with E-state index >= 15 is 0 Å². The van der Waals surface area contributed by atoms with Crippen LogP contribution in [0.15, 0.2) is 77.0 Å². The molecule has 1 atom stereocenters. The van der Waals surface area contributed by atoms with Crippen molar-refractivity contribution in [3.8, 4) is 11.5 Å². The highest BCUT2D eigenvalue weighted by molar-refractivity contribution is 7.91. The number of aliphatic carboxylic acids is 1. The SMILES string of the molecule is CCC(NC(=O)c1ccc([N+](=O)[O-])c(OCc2nc(C(C)(C)C)cs2)c1)(Oc1ccc(CCCS(=O)(=O)c2ccc(Cl)cc2)cc1)C(=O)O. The number of carbonyl (C=O) groups excluding carboxylic acids is 1. The Morgan fingerprint density at radius 1 is 1.06 bits per heavy atom. The number of amides is 1. The second kappa shape index (κ2) is 15.3. The number of benzene rings is 3. The number of hydrogen-bond acceptors (Lipinski definition) is 10. The van der Waals surface area contributed by atoms with Crippen LogP contribution in [0.5, 0.6) is 11.5 Å². The second-order valence-electron chi connectivity index (χ2n) is 12.2. The number of carboxylic acid groups (broad SMARTS) is 1. The quantitative estimate of drug-likeness (QED) is 0.0737. The highest BCUT2D eigenvalue weighted by Crippen LogP contribution is 2.31. The van der Waals surface area contributed by atoms with Crippen molar-refractivity contribution in [2.24, 2.45) is 0 Å². The van der Waals surface area contributed by atoms with Crippen molar-refractivity contribution < 1.29 is 37.5 Å². The molecule has 3 aromatic carbocycles. The van der Waals surface area contributed by atoms with E-state index < -0.39 is 32.4 Å². The number of nitro benzene ring substituents is 1. The van der Waals surface area contributed by atoms with Crippen LogP contribution in [0.1, 0.15) is 67.2 Å². The first-order valence-corrected chi connectivity index (χ1v) is 18.1. The molecule has 1 unspecified atom stereocenters. The van der Waals surface area contributed by atoms with Gasteiger partial charge in [-0.3, -0.25) is 14.9 Å². The van der Waals surface area contributed by atoms with Gasteiger partial charge in [-0.05, 0) is 60.9 Å². The Labute approximate surface area is 293 Å². The average Bonchev–Trinajstić information content (AvgIpc) is 3.54. The maximum Gasteiger partial charge on any atom is 0.370 e. The zero-order chi connectivity index (χ0) is 36.0. The third-order valence-electron chi connectivity index (χ3n) is 7.52. The normalized spacial score (nSPS) is 12.9. The van der Waals surface area contributed by atoms with Crippen molar-refractivity contribution in [2.45, 2.75) is 69.6 Å². The van der Waals surface area contributed by atoms with Crippen LogP contribution < -0.4 is 14.8 Å². The van der Waals surface area contributed by atoms with Gasteiger partial charge in [-0.25, -0.2) is 18.2 Å². The summed E-state index contributed by atoms with van der Waals surface area (Å²) in [5.41, 5.74) is -1.18. The van der Waals surface area contributed by atoms with E-state index in [1.807, 2.05) is 26.2 Å². The molecule has 4 aromatic rings. The van der Waals surface area contributed by atoms with E-state index in [1.165, 1.54) is 66.8 Å². The minimum absolute atomic E-state index is 0.0715. The molecular weight excluding hydrogens is 694 g/mol. The smallest absolute Gasteiger partial charge is 0.370 e. The number of sulfone groups is 1. The molecule has 0 saturated heterocycles. The van der Waals surface area contributed by atoms with Crippen LogP contribution in [0.3, 0.4) is 0 Å². The molecular formula is C34H36ClN3O9S2. The fraction of sp³-hybridized carbons (Fsp3) is 0.324. The Hall–Kier alpha value is -4.53. The molecule has 0 aliphatic rings. The van der Waals surface area contributed by atoms with Crippen molar-refractivity contribution in [3.05, 3.63) is 109 Å². The third kappa shape index (κ3) is 9.55. The summed E-state index contributed by atoms with van der Waals surface area (Å²) in [7, 11) is -3.49. The van der Waals surface area contributed by atoms with Gasteiger partial charge in [0.1, 0.15) is 17.4 Å². The Kier molecular flexibility index (Phi) is 11.7. The van der Waals surface area contributed by atoms with Gasteiger partial charge in [-0.15, -0.1) is 11.3 Å². The molecule has 49 heavy (non-hydrogen) atoms. The maximum absolute atomic E-state index is 13.4. The monoisotopic (exact) mass is 729 g/mol.